The third kappa shape index (κ3) is 4.58. The van der Waals surface area contributed by atoms with Gasteiger partial charge in [0.05, 0.1) is 6.61 Å². The standard InChI is InChI=1S/C21H31NO2Si/c1-18(17-23)22-15-16-24-25(21(2,3)4,19-11-7-5-8-12-19)20-13-9-6-10-14-20/h5-14,18,22-23H,15-17H2,1-4H3/t18-/m1/s1. The first kappa shape index (κ1) is 19.9. The van der Waals surface area contributed by atoms with E-state index in [1.807, 2.05) is 6.92 Å². The number of rotatable bonds is 8. The second kappa shape index (κ2) is 8.76. The van der Waals surface area contributed by atoms with Crippen molar-refractivity contribution < 1.29 is 9.53 Å². The van der Waals surface area contributed by atoms with Crippen molar-refractivity contribution in [3.05, 3.63) is 60.7 Å². The molecule has 0 aliphatic rings. The van der Waals surface area contributed by atoms with Crippen LogP contribution in [0.15, 0.2) is 60.7 Å². The Hall–Kier alpha value is -1.46. The first-order valence-electron chi connectivity index (χ1n) is 9.01. The Kier molecular flexibility index (Phi) is 6.96. The molecule has 0 radical (unpaired) electrons. The van der Waals surface area contributed by atoms with E-state index >= 15 is 0 Å². The molecule has 136 valence electrons. The molecule has 3 nitrogen and oxygen atoms in total. The van der Waals surface area contributed by atoms with Gasteiger partial charge in [-0.05, 0) is 22.3 Å². The molecular formula is C21H31NO2Si. The zero-order valence-electron chi connectivity index (χ0n) is 15.8. The van der Waals surface area contributed by atoms with Gasteiger partial charge in [-0.3, -0.25) is 0 Å². The molecule has 4 heteroatoms. The van der Waals surface area contributed by atoms with E-state index < -0.39 is 8.32 Å². The van der Waals surface area contributed by atoms with Crippen LogP contribution < -0.4 is 15.7 Å². The van der Waals surface area contributed by atoms with Gasteiger partial charge in [-0.15, -0.1) is 0 Å². The molecule has 0 fully saturated rings. The first-order chi connectivity index (χ1) is 11.9. The predicted octanol–water partition coefficient (Wildman–Crippen LogP) is 2.53. The molecule has 0 aliphatic carbocycles. The summed E-state index contributed by atoms with van der Waals surface area (Å²) in [6, 6.07) is 21.4. The Morgan fingerprint density at radius 3 is 1.84 bits per heavy atom. The summed E-state index contributed by atoms with van der Waals surface area (Å²) >= 11 is 0. The highest BCUT2D eigenvalue weighted by molar-refractivity contribution is 6.99. The van der Waals surface area contributed by atoms with Crippen molar-refractivity contribution in [2.45, 2.75) is 38.8 Å². The summed E-state index contributed by atoms with van der Waals surface area (Å²) in [6.07, 6.45) is 0. The first-order valence-corrected chi connectivity index (χ1v) is 10.9. The van der Waals surface area contributed by atoms with Crippen LogP contribution >= 0.6 is 0 Å². The molecule has 1 atom stereocenters. The molecular weight excluding hydrogens is 326 g/mol. The molecule has 0 unspecified atom stereocenters. The van der Waals surface area contributed by atoms with E-state index in [-0.39, 0.29) is 17.7 Å². The molecule has 0 bridgehead atoms. The van der Waals surface area contributed by atoms with Crippen molar-refractivity contribution in [2.24, 2.45) is 0 Å². The van der Waals surface area contributed by atoms with E-state index in [0.29, 0.717) is 6.61 Å². The molecule has 0 spiro atoms. The van der Waals surface area contributed by atoms with Gasteiger partial charge < -0.3 is 14.8 Å². The molecule has 2 aromatic carbocycles. The van der Waals surface area contributed by atoms with Crippen molar-refractivity contribution in [3.8, 4) is 0 Å². The van der Waals surface area contributed by atoms with Gasteiger partial charge in [0.1, 0.15) is 0 Å². The average Bonchev–Trinajstić information content (AvgIpc) is 2.62. The fourth-order valence-electron chi connectivity index (χ4n) is 3.34. The number of benzene rings is 2. The Morgan fingerprint density at radius 1 is 0.960 bits per heavy atom. The van der Waals surface area contributed by atoms with Crippen LogP contribution in [0.4, 0.5) is 0 Å². The summed E-state index contributed by atoms with van der Waals surface area (Å²) in [5, 5.41) is 15.1. The molecule has 2 aromatic rings. The van der Waals surface area contributed by atoms with Crippen LogP contribution in [0.3, 0.4) is 0 Å². The van der Waals surface area contributed by atoms with Crippen molar-refractivity contribution in [1.82, 2.24) is 5.32 Å². The van der Waals surface area contributed by atoms with E-state index in [4.69, 9.17) is 4.43 Å². The smallest absolute Gasteiger partial charge is 0.261 e. The van der Waals surface area contributed by atoms with Crippen molar-refractivity contribution in [2.75, 3.05) is 19.8 Å². The Morgan fingerprint density at radius 2 is 1.44 bits per heavy atom. The van der Waals surface area contributed by atoms with Gasteiger partial charge in [0, 0.05) is 19.2 Å². The summed E-state index contributed by atoms with van der Waals surface area (Å²) in [7, 11) is -2.43. The highest BCUT2D eigenvalue weighted by Crippen LogP contribution is 2.36. The van der Waals surface area contributed by atoms with E-state index in [9.17, 15) is 5.11 Å². The lowest BCUT2D eigenvalue weighted by molar-refractivity contribution is 0.236. The van der Waals surface area contributed by atoms with Crippen LogP contribution in [0.1, 0.15) is 27.7 Å². The SMILES string of the molecule is C[C@H](CO)NCCO[Si](c1ccccc1)(c1ccccc1)C(C)(C)C. The van der Waals surface area contributed by atoms with Gasteiger partial charge in [0.25, 0.3) is 8.32 Å². The second-order valence-corrected chi connectivity index (χ2v) is 11.9. The van der Waals surface area contributed by atoms with E-state index in [1.165, 1.54) is 10.4 Å². The number of hydrogen-bond donors (Lipinski definition) is 2. The Balaban J connectivity index is 2.39. The van der Waals surface area contributed by atoms with Gasteiger partial charge in [0.15, 0.2) is 0 Å². The summed E-state index contributed by atoms with van der Waals surface area (Å²) in [4.78, 5) is 0. The van der Waals surface area contributed by atoms with Crippen LogP contribution in [0.25, 0.3) is 0 Å². The normalized spacial score (nSPS) is 13.6. The maximum absolute atomic E-state index is 9.18. The molecule has 0 saturated heterocycles. The summed E-state index contributed by atoms with van der Waals surface area (Å²) in [5.74, 6) is 0. The number of hydrogen-bond acceptors (Lipinski definition) is 3. The maximum Gasteiger partial charge on any atom is 0.261 e. The summed E-state index contributed by atoms with van der Waals surface area (Å²) < 4.78 is 6.76. The third-order valence-corrected chi connectivity index (χ3v) is 9.65. The average molecular weight is 358 g/mol. The van der Waals surface area contributed by atoms with Crippen LogP contribution in [0, 0.1) is 0 Å². The lowest BCUT2D eigenvalue weighted by atomic mass is 10.2. The zero-order valence-corrected chi connectivity index (χ0v) is 16.8. The molecule has 0 amide bonds. The predicted molar refractivity (Wildman–Crippen MR) is 108 cm³/mol. The monoisotopic (exact) mass is 357 g/mol. The minimum absolute atomic E-state index is 0.00169. The van der Waals surface area contributed by atoms with Gasteiger partial charge in [0.2, 0.25) is 0 Å². The molecule has 0 aromatic heterocycles. The van der Waals surface area contributed by atoms with Crippen LogP contribution in [-0.4, -0.2) is 39.2 Å². The minimum atomic E-state index is -2.43. The highest BCUT2D eigenvalue weighted by Gasteiger charge is 2.49. The molecule has 25 heavy (non-hydrogen) atoms. The summed E-state index contributed by atoms with van der Waals surface area (Å²) in [6.45, 7) is 10.3. The molecule has 0 heterocycles. The van der Waals surface area contributed by atoms with Crippen LogP contribution in [0.5, 0.6) is 0 Å². The summed E-state index contributed by atoms with van der Waals surface area (Å²) in [5.41, 5.74) is 0. The maximum atomic E-state index is 9.18. The second-order valence-electron chi connectivity index (χ2n) is 7.55. The van der Waals surface area contributed by atoms with Gasteiger partial charge in [-0.1, -0.05) is 81.4 Å². The minimum Gasteiger partial charge on any atom is -0.406 e. The number of aliphatic hydroxyl groups excluding tert-OH is 1. The van der Waals surface area contributed by atoms with Crippen molar-refractivity contribution >= 4 is 18.7 Å². The molecule has 2 rings (SSSR count). The molecule has 2 N–H and O–H groups in total. The van der Waals surface area contributed by atoms with Crippen LogP contribution in [0.2, 0.25) is 5.04 Å². The fraction of sp³-hybridized carbons (Fsp3) is 0.429. The van der Waals surface area contributed by atoms with Crippen molar-refractivity contribution in [1.29, 1.82) is 0 Å². The largest absolute Gasteiger partial charge is 0.406 e. The van der Waals surface area contributed by atoms with Crippen LogP contribution in [-0.2, 0) is 4.43 Å². The van der Waals surface area contributed by atoms with Gasteiger partial charge in [-0.2, -0.15) is 0 Å². The topological polar surface area (TPSA) is 41.5 Å². The molecule has 0 saturated carbocycles. The third-order valence-electron chi connectivity index (χ3n) is 4.60. The number of nitrogens with one attached hydrogen (secondary N) is 1. The Labute approximate surface area is 153 Å². The quantitative estimate of drug-likeness (QED) is 0.563. The Bertz CT molecular complexity index is 586. The van der Waals surface area contributed by atoms with E-state index in [0.717, 1.165) is 6.54 Å². The van der Waals surface area contributed by atoms with Crippen molar-refractivity contribution in [3.63, 3.8) is 0 Å². The molecule has 0 aliphatic heterocycles. The lowest BCUT2D eigenvalue weighted by Gasteiger charge is -2.43. The fourth-order valence-corrected chi connectivity index (χ4v) is 7.90. The van der Waals surface area contributed by atoms with E-state index in [2.05, 4.69) is 86.8 Å². The number of aliphatic hydroxyl groups is 1. The lowest BCUT2D eigenvalue weighted by Crippen LogP contribution is -2.67. The van der Waals surface area contributed by atoms with Gasteiger partial charge in [-0.25, -0.2) is 0 Å². The zero-order chi connectivity index (χ0) is 18.3. The van der Waals surface area contributed by atoms with Gasteiger partial charge >= 0.3 is 0 Å². The van der Waals surface area contributed by atoms with E-state index in [1.54, 1.807) is 0 Å². The highest BCUT2D eigenvalue weighted by atomic mass is 28.4.